The summed E-state index contributed by atoms with van der Waals surface area (Å²) in [5, 5.41) is 13.9. The van der Waals surface area contributed by atoms with Gasteiger partial charge < -0.3 is 14.5 Å². The van der Waals surface area contributed by atoms with Gasteiger partial charge in [-0.05, 0) is 0 Å². The molecule has 0 aliphatic heterocycles. The van der Waals surface area contributed by atoms with Crippen LogP contribution in [0.2, 0.25) is 0 Å². The summed E-state index contributed by atoms with van der Waals surface area (Å²) < 4.78 is 0. The Labute approximate surface area is 123 Å². The maximum Gasteiger partial charge on any atom is 2.00 e. The molecule has 0 aliphatic rings. The summed E-state index contributed by atoms with van der Waals surface area (Å²) >= 11 is 0. The van der Waals surface area contributed by atoms with Crippen LogP contribution >= 0.6 is 0 Å². The van der Waals surface area contributed by atoms with Gasteiger partial charge in [0, 0.05) is 0 Å². The fourth-order valence-corrected chi connectivity index (χ4v) is 0. The number of carboxylic acid groups (broad SMARTS) is 2. The van der Waals surface area contributed by atoms with Crippen molar-refractivity contribution in [1.29, 1.82) is 0 Å². The minimum atomic E-state index is -1.83. The molecule has 0 atom stereocenters. The molecule has 0 fully saturated rings. The van der Waals surface area contributed by atoms with Crippen LogP contribution < -0.4 is 58.2 Å². The molecule has 3 nitrogen and oxygen atoms in total. The molecule has 7 heavy (non-hydrogen) atoms. The first-order chi connectivity index (χ1) is 1.73. The van der Waals surface area contributed by atoms with Gasteiger partial charge in [0.05, 0.1) is 0 Å². The van der Waals surface area contributed by atoms with Gasteiger partial charge in [-0.1, -0.05) is 0 Å². The Morgan fingerprint density at radius 1 is 1.43 bits per heavy atom. The van der Waals surface area contributed by atoms with Crippen LogP contribution in [-0.4, -0.2) is 54.1 Å². The smallest absolute Gasteiger partial charge is 1.00 e. The number of rotatable bonds is 0. The molecule has 0 aliphatic carbocycles. The van der Waals surface area contributed by atoms with E-state index in [0.29, 0.717) is 0 Å². The van der Waals surface area contributed by atoms with Gasteiger partial charge >= 0.3 is 102 Å². The second-order valence-corrected chi connectivity index (χ2v) is 0.283. The molecule has 0 rings (SSSR count). The van der Waals surface area contributed by atoms with Crippen LogP contribution in [-0.2, 0) is 0 Å². The van der Waals surface area contributed by atoms with E-state index in [-0.39, 0.29) is 105 Å². The first-order valence-electron chi connectivity index (χ1n) is 0.651. The fourth-order valence-electron chi connectivity index (χ4n) is 0. The van der Waals surface area contributed by atoms with Gasteiger partial charge in [-0.2, -0.15) is 0 Å². The first-order valence-corrected chi connectivity index (χ1v) is 0.651. The van der Waals surface area contributed by atoms with E-state index < -0.39 is 6.16 Å². The average molecular weight is 211 g/mol. The SMILES string of the molecule is F.O=C(O)O.[Ca+2].[H-].[H-].[H-].[Rb+]. The molecule has 0 aromatic rings. The van der Waals surface area contributed by atoms with E-state index in [1.807, 2.05) is 0 Å². The Bertz CT molecular complexity index is 46.7. The quantitative estimate of drug-likeness (QED) is 0.429. The van der Waals surface area contributed by atoms with Gasteiger partial charge in [0.1, 0.15) is 0 Å². The van der Waals surface area contributed by atoms with E-state index in [1.165, 1.54) is 0 Å². The molecule has 0 saturated carbocycles. The van der Waals surface area contributed by atoms with Crippen molar-refractivity contribution < 1.29 is 82.2 Å². The predicted octanol–water partition coefficient (Wildman–Crippen LogP) is -2.66. The van der Waals surface area contributed by atoms with Crippen molar-refractivity contribution in [1.82, 2.24) is 0 Å². The zero-order chi connectivity index (χ0) is 3.58. The zero-order valence-electron chi connectivity index (χ0n) is 6.92. The van der Waals surface area contributed by atoms with Crippen molar-refractivity contribution in [2.24, 2.45) is 0 Å². The van der Waals surface area contributed by atoms with Crippen LogP contribution in [0.25, 0.3) is 0 Å². The molecule has 0 saturated heterocycles. The first kappa shape index (κ1) is 22.8. The van der Waals surface area contributed by atoms with Gasteiger partial charge in [-0.15, -0.1) is 0 Å². The number of halogens is 1. The molecule has 38 valence electrons. The van der Waals surface area contributed by atoms with Crippen molar-refractivity contribution in [3.63, 3.8) is 0 Å². The number of hydrogen-bond acceptors (Lipinski definition) is 1. The predicted molar refractivity (Wildman–Crippen MR) is 22.2 cm³/mol. The van der Waals surface area contributed by atoms with Crippen LogP contribution in [0.15, 0.2) is 0 Å². The zero-order valence-corrected chi connectivity index (χ0v) is 11.0. The van der Waals surface area contributed by atoms with Crippen LogP contribution in [0.3, 0.4) is 0 Å². The summed E-state index contributed by atoms with van der Waals surface area (Å²) in [5.74, 6) is 0. The summed E-state index contributed by atoms with van der Waals surface area (Å²) in [6, 6.07) is 0. The van der Waals surface area contributed by atoms with Crippen LogP contribution in [0.5, 0.6) is 0 Å². The van der Waals surface area contributed by atoms with Gasteiger partial charge in [0.15, 0.2) is 0 Å². The number of carbonyl (C=O) groups is 1. The minimum absolute atomic E-state index is 0. The van der Waals surface area contributed by atoms with Crippen LogP contribution in [0.1, 0.15) is 4.28 Å². The van der Waals surface area contributed by atoms with Crippen molar-refractivity contribution in [3.8, 4) is 0 Å². The van der Waals surface area contributed by atoms with Crippen molar-refractivity contribution >= 4 is 43.9 Å². The second kappa shape index (κ2) is 15.7. The van der Waals surface area contributed by atoms with E-state index in [4.69, 9.17) is 15.0 Å². The molecule has 0 bridgehead atoms. The third-order valence-electron chi connectivity index (χ3n) is 0. The van der Waals surface area contributed by atoms with Crippen LogP contribution in [0, 0.1) is 0 Å². The fraction of sp³-hybridized carbons (Fsp3) is 0. The maximum atomic E-state index is 8.56. The molecular formula is CH6CaFO3Rb. The second-order valence-electron chi connectivity index (χ2n) is 0.283. The number of hydrogen-bond donors (Lipinski definition) is 2. The molecule has 2 N–H and O–H groups in total. The molecule has 0 aromatic heterocycles. The summed E-state index contributed by atoms with van der Waals surface area (Å²) in [5.41, 5.74) is 0. The van der Waals surface area contributed by atoms with E-state index in [2.05, 4.69) is 0 Å². The van der Waals surface area contributed by atoms with Gasteiger partial charge in [0.25, 0.3) is 0 Å². The summed E-state index contributed by atoms with van der Waals surface area (Å²) in [6.45, 7) is 0. The van der Waals surface area contributed by atoms with E-state index in [0.717, 1.165) is 0 Å². The molecule has 0 amide bonds. The van der Waals surface area contributed by atoms with Crippen molar-refractivity contribution in [2.75, 3.05) is 0 Å². The van der Waals surface area contributed by atoms with Gasteiger partial charge in [-0.3, -0.25) is 4.70 Å². The molecule has 0 aromatic carbocycles. The van der Waals surface area contributed by atoms with E-state index >= 15 is 0 Å². The Morgan fingerprint density at radius 3 is 1.43 bits per heavy atom. The van der Waals surface area contributed by atoms with Crippen molar-refractivity contribution in [3.05, 3.63) is 0 Å². The van der Waals surface area contributed by atoms with Crippen molar-refractivity contribution in [2.45, 2.75) is 0 Å². The van der Waals surface area contributed by atoms with E-state index in [1.54, 1.807) is 0 Å². The Balaban J connectivity index is -0.00000000300. The largest absolute Gasteiger partial charge is 2.00 e. The van der Waals surface area contributed by atoms with Gasteiger partial charge in [0.2, 0.25) is 0 Å². The Morgan fingerprint density at radius 2 is 1.43 bits per heavy atom. The Kier molecular flexibility index (Phi) is 51.3. The standard InChI is InChI=1S/CH2O3.Ca.FH.Rb.3H/c2-1(3)4;;;;;;/h(H2,2,3,4);;1H;;;;/q;+2;;+1;3*-1. The van der Waals surface area contributed by atoms with Crippen LogP contribution in [0.4, 0.5) is 9.50 Å². The summed E-state index contributed by atoms with van der Waals surface area (Å²) in [6.07, 6.45) is -1.83. The third kappa shape index (κ3) is 63.2. The summed E-state index contributed by atoms with van der Waals surface area (Å²) in [4.78, 5) is 8.56. The molecule has 6 heteroatoms. The third-order valence-corrected chi connectivity index (χ3v) is 0. The Hall–Kier alpha value is 2.26. The molecule has 0 heterocycles. The molecule has 0 radical (unpaired) electrons. The molecule has 0 spiro atoms. The minimum Gasteiger partial charge on any atom is -1.00 e. The topological polar surface area (TPSA) is 57.5 Å². The molecular weight excluding hydrogens is 205 g/mol. The normalized spacial score (nSPS) is 3.43. The van der Waals surface area contributed by atoms with E-state index in [9.17, 15) is 0 Å². The monoisotopic (exact) mass is 210 g/mol. The average Bonchev–Trinajstić information content (AvgIpc) is 0.811. The summed E-state index contributed by atoms with van der Waals surface area (Å²) in [7, 11) is 0. The van der Waals surface area contributed by atoms with Gasteiger partial charge in [-0.25, -0.2) is 4.79 Å². The molecule has 0 unspecified atom stereocenters. The maximum absolute atomic E-state index is 8.56.